The average molecular weight is 378 g/mol. The summed E-state index contributed by atoms with van der Waals surface area (Å²) >= 11 is 0. The van der Waals surface area contributed by atoms with Crippen molar-refractivity contribution < 1.29 is 14.3 Å². The molecule has 2 aliphatic rings. The predicted octanol–water partition coefficient (Wildman–Crippen LogP) is 3.03. The molecule has 2 aromatic rings. The molecule has 1 aliphatic carbocycles. The van der Waals surface area contributed by atoms with Crippen LogP contribution in [0.4, 0.5) is 5.69 Å². The van der Waals surface area contributed by atoms with E-state index in [9.17, 15) is 9.59 Å². The monoisotopic (exact) mass is 378 g/mol. The minimum Gasteiger partial charge on any atom is -0.378 e. The summed E-state index contributed by atoms with van der Waals surface area (Å²) in [5, 5.41) is 0. The number of ether oxygens (including phenoxy) is 1. The highest BCUT2D eigenvalue weighted by molar-refractivity contribution is 5.96. The van der Waals surface area contributed by atoms with Gasteiger partial charge >= 0.3 is 0 Å². The Morgan fingerprint density at radius 3 is 2.25 bits per heavy atom. The third-order valence-electron chi connectivity index (χ3n) is 5.34. The first-order chi connectivity index (χ1) is 13.7. The fraction of sp³-hybridized carbons (Fsp3) is 0.391. The highest BCUT2D eigenvalue weighted by Gasteiger charge is 2.34. The third-order valence-corrected chi connectivity index (χ3v) is 5.34. The number of carbonyl (C=O) groups is 2. The van der Waals surface area contributed by atoms with Crippen molar-refractivity contribution in [1.29, 1.82) is 0 Å². The van der Waals surface area contributed by atoms with Crippen molar-refractivity contribution in [3.05, 3.63) is 65.7 Å². The largest absolute Gasteiger partial charge is 0.378 e. The molecule has 5 nitrogen and oxygen atoms in total. The van der Waals surface area contributed by atoms with Crippen LogP contribution >= 0.6 is 0 Å². The molecule has 4 rings (SSSR count). The van der Waals surface area contributed by atoms with Crippen LogP contribution < -0.4 is 4.90 Å². The minimum absolute atomic E-state index is 0.131. The number of carbonyl (C=O) groups excluding carboxylic acids is 2. The van der Waals surface area contributed by atoms with E-state index < -0.39 is 0 Å². The quantitative estimate of drug-likeness (QED) is 0.776. The van der Waals surface area contributed by atoms with Crippen molar-refractivity contribution in [2.45, 2.75) is 25.8 Å². The van der Waals surface area contributed by atoms with Crippen LogP contribution in [0, 0.1) is 5.92 Å². The Morgan fingerprint density at radius 2 is 1.61 bits per heavy atom. The van der Waals surface area contributed by atoms with Crippen LogP contribution in [0.3, 0.4) is 0 Å². The van der Waals surface area contributed by atoms with Gasteiger partial charge in [0.05, 0.1) is 26.2 Å². The summed E-state index contributed by atoms with van der Waals surface area (Å²) < 4.78 is 5.31. The topological polar surface area (TPSA) is 49.9 Å². The molecule has 2 amide bonds. The highest BCUT2D eigenvalue weighted by Crippen LogP contribution is 2.33. The maximum Gasteiger partial charge on any atom is 0.230 e. The molecule has 2 aromatic carbocycles. The molecule has 0 aromatic heterocycles. The van der Waals surface area contributed by atoms with Gasteiger partial charge in [-0.15, -0.1) is 0 Å². The van der Waals surface area contributed by atoms with Gasteiger partial charge in [-0.2, -0.15) is 0 Å². The molecular weight excluding hydrogens is 352 g/mol. The molecule has 0 radical (unpaired) electrons. The van der Waals surface area contributed by atoms with Crippen molar-refractivity contribution in [2.24, 2.45) is 5.92 Å². The first-order valence-corrected chi connectivity index (χ1v) is 10.0. The SMILES string of the molecule is O=C(Cc1ccc(N(Cc2ccccc2)C(=O)C2CC2)cc1)N1CCOCC1. The van der Waals surface area contributed by atoms with Crippen molar-refractivity contribution in [3.63, 3.8) is 0 Å². The van der Waals surface area contributed by atoms with E-state index in [2.05, 4.69) is 0 Å². The Hall–Kier alpha value is -2.66. The van der Waals surface area contributed by atoms with Gasteiger partial charge in [0.1, 0.15) is 0 Å². The van der Waals surface area contributed by atoms with Crippen LogP contribution in [0.2, 0.25) is 0 Å². The van der Waals surface area contributed by atoms with Crippen LogP contribution in [-0.4, -0.2) is 43.0 Å². The van der Waals surface area contributed by atoms with Crippen LogP contribution in [0.25, 0.3) is 0 Å². The molecule has 28 heavy (non-hydrogen) atoms. The van der Waals surface area contributed by atoms with E-state index in [0.29, 0.717) is 39.3 Å². The molecule has 0 atom stereocenters. The number of hydrogen-bond donors (Lipinski definition) is 0. The molecule has 0 unspecified atom stereocenters. The molecule has 2 fully saturated rings. The zero-order valence-electron chi connectivity index (χ0n) is 16.0. The zero-order valence-corrected chi connectivity index (χ0v) is 16.0. The van der Waals surface area contributed by atoms with Gasteiger partial charge in [-0.3, -0.25) is 9.59 Å². The van der Waals surface area contributed by atoms with Crippen molar-refractivity contribution in [3.8, 4) is 0 Å². The van der Waals surface area contributed by atoms with E-state index in [0.717, 1.165) is 29.7 Å². The summed E-state index contributed by atoms with van der Waals surface area (Å²) in [6.07, 6.45) is 2.35. The van der Waals surface area contributed by atoms with E-state index in [-0.39, 0.29) is 17.7 Å². The van der Waals surface area contributed by atoms with Gasteiger partial charge in [-0.25, -0.2) is 0 Å². The maximum absolute atomic E-state index is 12.8. The van der Waals surface area contributed by atoms with Gasteiger partial charge in [0.2, 0.25) is 11.8 Å². The Balaban J connectivity index is 1.46. The lowest BCUT2D eigenvalue weighted by molar-refractivity contribution is -0.134. The van der Waals surface area contributed by atoms with Gasteiger partial charge in [0.25, 0.3) is 0 Å². The van der Waals surface area contributed by atoms with E-state index in [1.807, 2.05) is 64.4 Å². The van der Waals surface area contributed by atoms with Crippen molar-refractivity contribution >= 4 is 17.5 Å². The lowest BCUT2D eigenvalue weighted by Gasteiger charge is -2.27. The van der Waals surface area contributed by atoms with Gasteiger partial charge in [0, 0.05) is 24.7 Å². The van der Waals surface area contributed by atoms with Gasteiger partial charge in [-0.1, -0.05) is 42.5 Å². The van der Waals surface area contributed by atoms with Crippen molar-refractivity contribution in [2.75, 3.05) is 31.2 Å². The molecule has 1 saturated heterocycles. The summed E-state index contributed by atoms with van der Waals surface area (Å²) in [6, 6.07) is 17.9. The Morgan fingerprint density at radius 1 is 0.929 bits per heavy atom. The molecule has 0 bridgehead atoms. The molecule has 5 heteroatoms. The summed E-state index contributed by atoms with van der Waals surface area (Å²) in [5.74, 6) is 0.485. The van der Waals surface area contributed by atoms with Gasteiger partial charge in [0.15, 0.2) is 0 Å². The van der Waals surface area contributed by atoms with Crippen LogP contribution in [0.1, 0.15) is 24.0 Å². The lowest BCUT2D eigenvalue weighted by Crippen LogP contribution is -2.41. The molecule has 146 valence electrons. The van der Waals surface area contributed by atoms with Crippen LogP contribution in [0.15, 0.2) is 54.6 Å². The molecule has 1 aliphatic heterocycles. The van der Waals surface area contributed by atoms with Crippen LogP contribution in [0.5, 0.6) is 0 Å². The number of rotatable bonds is 6. The molecular formula is C23H26N2O3. The second-order valence-electron chi connectivity index (χ2n) is 7.52. The van der Waals surface area contributed by atoms with E-state index in [1.165, 1.54) is 0 Å². The number of benzene rings is 2. The summed E-state index contributed by atoms with van der Waals surface area (Å²) in [6.45, 7) is 3.13. The average Bonchev–Trinajstić information content (AvgIpc) is 3.59. The molecule has 0 N–H and O–H groups in total. The smallest absolute Gasteiger partial charge is 0.230 e. The Kier molecular flexibility index (Phi) is 5.72. The number of anilines is 1. The maximum atomic E-state index is 12.8. The Labute approximate surface area is 165 Å². The first kappa shape index (κ1) is 18.7. The minimum atomic E-state index is 0.131. The fourth-order valence-electron chi connectivity index (χ4n) is 3.51. The van der Waals surface area contributed by atoms with E-state index in [1.54, 1.807) is 0 Å². The number of hydrogen-bond acceptors (Lipinski definition) is 3. The predicted molar refractivity (Wildman–Crippen MR) is 108 cm³/mol. The summed E-state index contributed by atoms with van der Waals surface area (Å²) in [4.78, 5) is 29.0. The lowest BCUT2D eigenvalue weighted by atomic mass is 10.1. The fourth-order valence-corrected chi connectivity index (χ4v) is 3.51. The Bertz CT molecular complexity index is 810. The number of nitrogens with zero attached hydrogens (tertiary/aromatic N) is 2. The second-order valence-corrected chi connectivity index (χ2v) is 7.52. The number of amides is 2. The summed E-state index contributed by atoms with van der Waals surface area (Å²) in [5.41, 5.74) is 2.98. The molecule has 0 spiro atoms. The first-order valence-electron chi connectivity index (χ1n) is 10.0. The normalized spacial score (nSPS) is 16.6. The third kappa shape index (κ3) is 4.60. The highest BCUT2D eigenvalue weighted by atomic mass is 16.5. The number of morpholine rings is 1. The summed E-state index contributed by atoms with van der Waals surface area (Å²) in [7, 11) is 0. The van der Waals surface area contributed by atoms with Gasteiger partial charge < -0.3 is 14.5 Å². The van der Waals surface area contributed by atoms with Gasteiger partial charge in [-0.05, 0) is 36.1 Å². The molecule has 1 saturated carbocycles. The van der Waals surface area contributed by atoms with E-state index in [4.69, 9.17) is 4.74 Å². The standard InChI is InChI=1S/C23H26N2O3/c26-22(24-12-14-28-15-13-24)16-18-6-10-21(11-7-18)25(23(27)20-8-9-20)17-19-4-2-1-3-5-19/h1-7,10-11,20H,8-9,12-17H2. The molecule has 1 heterocycles. The van der Waals surface area contributed by atoms with Crippen molar-refractivity contribution in [1.82, 2.24) is 4.90 Å². The zero-order chi connectivity index (χ0) is 19.3. The van der Waals surface area contributed by atoms with E-state index >= 15 is 0 Å². The van der Waals surface area contributed by atoms with Crippen LogP contribution in [-0.2, 0) is 27.3 Å². The second kappa shape index (κ2) is 8.57.